The van der Waals surface area contributed by atoms with Crippen LogP contribution in [0.1, 0.15) is 44.1 Å². The number of hydrogen-bond acceptors (Lipinski definition) is 1. The highest BCUT2D eigenvalue weighted by molar-refractivity contribution is 14.1. The van der Waals surface area contributed by atoms with E-state index in [1.165, 1.54) is 54.1 Å². The van der Waals surface area contributed by atoms with Crippen LogP contribution in [0.4, 0.5) is 0 Å². The fraction of sp³-hybridized carbons (Fsp3) is 0.600. The van der Waals surface area contributed by atoms with Crippen molar-refractivity contribution in [2.24, 2.45) is 11.1 Å². The molecule has 0 bridgehead atoms. The van der Waals surface area contributed by atoms with Gasteiger partial charge in [0, 0.05) is 3.57 Å². The Morgan fingerprint density at radius 1 is 1.00 bits per heavy atom. The minimum atomic E-state index is 0.378. The van der Waals surface area contributed by atoms with Crippen molar-refractivity contribution < 1.29 is 0 Å². The van der Waals surface area contributed by atoms with Crippen LogP contribution in [0.5, 0.6) is 0 Å². The van der Waals surface area contributed by atoms with E-state index < -0.39 is 0 Å². The minimum Gasteiger partial charge on any atom is -0.330 e. The number of nitrogens with two attached hydrogens (primary N) is 1. The van der Waals surface area contributed by atoms with E-state index in [2.05, 4.69) is 46.9 Å². The van der Waals surface area contributed by atoms with Crippen molar-refractivity contribution in [1.82, 2.24) is 0 Å². The largest absolute Gasteiger partial charge is 0.330 e. The van der Waals surface area contributed by atoms with Crippen LogP contribution in [0, 0.1) is 8.99 Å². The van der Waals surface area contributed by atoms with Gasteiger partial charge in [-0.15, -0.1) is 0 Å². The number of halogens is 1. The zero-order valence-corrected chi connectivity index (χ0v) is 12.6. The second kappa shape index (κ2) is 6.19. The Hall–Kier alpha value is -0.0900. The van der Waals surface area contributed by atoms with Crippen molar-refractivity contribution in [2.45, 2.75) is 44.9 Å². The molecule has 2 heteroatoms. The lowest BCUT2D eigenvalue weighted by Crippen LogP contribution is -2.32. The molecule has 0 amide bonds. The van der Waals surface area contributed by atoms with Crippen LogP contribution in [0.2, 0.25) is 0 Å². The Kier molecular flexibility index (Phi) is 4.86. The van der Waals surface area contributed by atoms with Gasteiger partial charge in [-0.1, -0.05) is 37.8 Å². The molecule has 0 unspecified atom stereocenters. The molecule has 2 rings (SSSR count). The molecule has 1 aromatic rings. The maximum absolute atomic E-state index is 6.08. The molecule has 2 N–H and O–H groups in total. The second-order valence-corrected chi connectivity index (χ2v) is 6.67. The maximum atomic E-state index is 6.08. The summed E-state index contributed by atoms with van der Waals surface area (Å²) < 4.78 is 1.31. The first kappa shape index (κ1) is 13.3. The maximum Gasteiger partial charge on any atom is 0.0130 e. The molecule has 0 spiro atoms. The molecule has 1 nitrogen and oxygen atoms in total. The standard InChI is InChI=1S/C15H22IN/c16-14-7-5-13(6-8-14)11-15(12-17)9-3-1-2-4-10-15/h5-8H,1-4,9-12,17H2. The van der Waals surface area contributed by atoms with E-state index in [0.717, 1.165) is 6.54 Å². The number of benzene rings is 1. The molecule has 1 saturated carbocycles. The summed E-state index contributed by atoms with van der Waals surface area (Å²) in [5, 5.41) is 0. The summed E-state index contributed by atoms with van der Waals surface area (Å²) >= 11 is 2.36. The van der Waals surface area contributed by atoms with E-state index in [-0.39, 0.29) is 0 Å². The summed E-state index contributed by atoms with van der Waals surface area (Å²) in [7, 11) is 0. The van der Waals surface area contributed by atoms with Crippen LogP contribution in [0.3, 0.4) is 0 Å². The zero-order valence-electron chi connectivity index (χ0n) is 10.4. The Labute approximate surface area is 118 Å². The number of rotatable bonds is 3. The van der Waals surface area contributed by atoms with Gasteiger partial charge in [0.15, 0.2) is 0 Å². The fourth-order valence-corrected chi connectivity index (χ4v) is 3.33. The summed E-state index contributed by atoms with van der Waals surface area (Å²) in [6.07, 6.45) is 9.32. The van der Waals surface area contributed by atoms with Crippen LogP contribution in [-0.2, 0) is 6.42 Å². The molecule has 1 fully saturated rings. The van der Waals surface area contributed by atoms with E-state index >= 15 is 0 Å². The molecule has 0 atom stereocenters. The van der Waals surface area contributed by atoms with Gasteiger partial charge in [0.25, 0.3) is 0 Å². The first-order chi connectivity index (χ1) is 8.24. The van der Waals surface area contributed by atoms with Crippen molar-refractivity contribution in [2.75, 3.05) is 6.54 Å². The minimum absolute atomic E-state index is 0.378. The Morgan fingerprint density at radius 2 is 1.59 bits per heavy atom. The summed E-state index contributed by atoms with van der Waals surface area (Å²) in [6, 6.07) is 8.95. The van der Waals surface area contributed by atoms with Gasteiger partial charge in [-0.05, 0) is 71.5 Å². The molecule has 0 radical (unpaired) electrons. The smallest absolute Gasteiger partial charge is 0.0130 e. The van der Waals surface area contributed by atoms with Gasteiger partial charge in [0.1, 0.15) is 0 Å². The second-order valence-electron chi connectivity index (χ2n) is 5.42. The van der Waals surface area contributed by atoms with Crippen LogP contribution in [0.25, 0.3) is 0 Å². The topological polar surface area (TPSA) is 26.0 Å². The SMILES string of the molecule is NCC1(Cc2ccc(I)cc2)CCCCCC1. The van der Waals surface area contributed by atoms with Crippen LogP contribution >= 0.6 is 22.6 Å². The van der Waals surface area contributed by atoms with Crippen molar-refractivity contribution >= 4 is 22.6 Å². The van der Waals surface area contributed by atoms with Gasteiger partial charge >= 0.3 is 0 Å². The van der Waals surface area contributed by atoms with Crippen LogP contribution in [0.15, 0.2) is 24.3 Å². The Bertz CT molecular complexity index is 336. The normalized spacial score (nSPS) is 19.9. The third kappa shape index (κ3) is 3.68. The first-order valence-corrected chi connectivity index (χ1v) is 7.77. The third-order valence-electron chi connectivity index (χ3n) is 4.09. The Balaban J connectivity index is 2.09. The predicted molar refractivity (Wildman–Crippen MR) is 82.1 cm³/mol. The van der Waals surface area contributed by atoms with E-state index in [1.807, 2.05) is 0 Å². The lowest BCUT2D eigenvalue weighted by atomic mass is 9.75. The van der Waals surface area contributed by atoms with E-state index in [4.69, 9.17) is 5.73 Å². The molecule has 0 aliphatic heterocycles. The molecule has 0 heterocycles. The molecule has 0 aromatic heterocycles. The molecule has 17 heavy (non-hydrogen) atoms. The van der Waals surface area contributed by atoms with Crippen LogP contribution in [-0.4, -0.2) is 6.54 Å². The summed E-state index contributed by atoms with van der Waals surface area (Å²) in [5.74, 6) is 0. The van der Waals surface area contributed by atoms with Gasteiger partial charge in [-0.3, -0.25) is 0 Å². The lowest BCUT2D eigenvalue weighted by Gasteiger charge is -2.31. The first-order valence-electron chi connectivity index (χ1n) is 6.69. The average molecular weight is 343 g/mol. The lowest BCUT2D eigenvalue weighted by molar-refractivity contribution is 0.252. The van der Waals surface area contributed by atoms with Crippen molar-refractivity contribution in [3.8, 4) is 0 Å². The van der Waals surface area contributed by atoms with Crippen molar-refractivity contribution in [3.63, 3.8) is 0 Å². The Morgan fingerprint density at radius 3 is 2.12 bits per heavy atom. The van der Waals surface area contributed by atoms with Gasteiger partial charge in [-0.2, -0.15) is 0 Å². The molecular formula is C15H22IN. The summed E-state index contributed by atoms with van der Waals surface area (Å²) in [4.78, 5) is 0. The third-order valence-corrected chi connectivity index (χ3v) is 4.81. The molecule has 1 aliphatic carbocycles. The number of hydrogen-bond donors (Lipinski definition) is 1. The predicted octanol–water partition coefficient (Wildman–Crippen LogP) is 4.13. The molecule has 1 aromatic carbocycles. The van der Waals surface area contributed by atoms with Crippen LogP contribution < -0.4 is 5.73 Å². The monoisotopic (exact) mass is 343 g/mol. The van der Waals surface area contributed by atoms with Gasteiger partial charge in [0.05, 0.1) is 0 Å². The van der Waals surface area contributed by atoms with Crippen molar-refractivity contribution in [1.29, 1.82) is 0 Å². The van der Waals surface area contributed by atoms with E-state index in [0.29, 0.717) is 5.41 Å². The zero-order chi connectivity index (χ0) is 12.1. The highest BCUT2D eigenvalue weighted by Gasteiger charge is 2.29. The van der Waals surface area contributed by atoms with E-state index in [9.17, 15) is 0 Å². The summed E-state index contributed by atoms with van der Waals surface area (Å²) in [6.45, 7) is 0.846. The molecule has 1 aliphatic rings. The highest BCUT2D eigenvalue weighted by atomic mass is 127. The summed E-state index contributed by atoms with van der Waals surface area (Å²) in [5.41, 5.74) is 7.92. The molecule has 0 saturated heterocycles. The van der Waals surface area contributed by atoms with Gasteiger partial charge in [-0.25, -0.2) is 0 Å². The molecule has 94 valence electrons. The van der Waals surface area contributed by atoms with Gasteiger partial charge < -0.3 is 5.73 Å². The van der Waals surface area contributed by atoms with Gasteiger partial charge in [0.2, 0.25) is 0 Å². The fourth-order valence-electron chi connectivity index (χ4n) is 2.97. The molecular weight excluding hydrogens is 321 g/mol. The van der Waals surface area contributed by atoms with Crippen molar-refractivity contribution in [3.05, 3.63) is 33.4 Å². The average Bonchev–Trinajstić information content (AvgIpc) is 2.58. The van der Waals surface area contributed by atoms with E-state index in [1.54, 1.807) is 0 Å². The highest BCUT2D eigenvalue weighted by Crippen LogP contribution is 2.37. The quantitative estimate of drug-likeness (QED) is 0.648.